The summed E-state index contributed by atoms with van der Waals surface area (Å²) in [4.78, 5) is 12.4. The summed E-state index contributed by atoms with van der Waals surface area (Å²) < 4.78 is 6.95. The van der Waals surface area contributed by atoms with Gasteiger partial charge in [-0.15, -0.1) is 0 Å². The predicted octanol–water partition coefficient (Wildman–Crippen LogP) is 2.31. The number of hydrogen-bond donors (Lipinski definition) is 1. The quantitative estimate of drug-likeness (QED) is 0.916. The van der Waals surface area contributed by atoms with E-state index in [4.69, 9.17) is 4.74 Å². The van der Waals surface area contributed by atoms with Gasteiger partial charge < -0.3 is 14.6 Å². The van der Waals surface area contributed by atoms with Crippen molar-refractivity contribution in [2.75, 3.05) is 7.11 Å². The maximum absolute atomic E-state index is 12.4. The summed E-state index contributed by atoms with van der Waals surface area (Å²) >= 11 is 0. The Morgan fingerprint density at radius 1 is 1.29 bits per heavy atom. The highest BCUT2D eigenvalue weighted by Crippen LogP contribution is 2.23. The van der Waals surface area contributed by atoms with Gasteiger partial charge in [-0.2, -0.15) is 0 Å². The summed E-state index contributed by atoms with van der Waals surface area (Å²) in [5.41, 5.74) is 2.75. The van der Waals surface area contributed by atoms with Crippen LogP contribution in [0.1, 0.15) is 18.4 Å². The number of nitrogens with one attached hydrogen (secondary N) is 1. The number of rotatable bonds is 5. The van der Waals surface area contributed by atoms with Gasteiger partial charge in [0.15, 0.2) is 0 Å². The standard InChI is InChI=1S/C17H20N2O2/c1-19-16(12-4-3-5-15(10-12)21-2)9-6-13(17(19)20)11-18-14-7-8-14/h3-6,9-10,14,18H,7-8,11H2,1-2H3. The zero-order valence-electron chi connectivity index (χ0n) is 12.4. The van der Waals surface area contributed by atoms with Crippen LogP contribution in [0.5, 0.6) is 5.75 Å². The number of pyridine rings is 1. The average molecular weight is 284 g/mol. The van der Waals surface area contributed by atoms with Crippen molar-refractivity contribution in [2.45, 2.75) is 25.4 Å². The number of ether oxygens (including phenoxy) is 1. The third-order valence-electron chi connectivity index (χ3n) is 3.91. The van der Waals surface area contributed by atoms with Crippen LogP contribution >= 0.6 is 0 Å². The Bertz CT molecular complexity index is 702. The van der Waals surface area contributed by atoms with Crippen LogP contribution in [0.15, 0.2) is 41.2 Å². The molecular weight excluding hydrogens is 264 g/mol. The minimum absolute atomic E-state index is 0.0588. The molecule has 1 aliphatic rings. The lowest BCUT2D eigenvalue weighted by molar-refractivity contribution is 0.415. The van der Waals surface area contributed by atoms with Crippen molar-refractivity contribution < 1.29 is 4.74 Å². The van der Waals surface area contributed by atoms with Gasteiger partial charge >= 0.3 is 0 Å². The van der Waals surface area contributed by atoms with E-state index in [9.17, 15) is 4.79 Å². The lowest BCUT2D eigenvalue weighted by atomic mass is 10.1. The molecule has 0 bridgehead atoms. The molecule has 0 saturated heterocycles. The Hall–Kier alpha value is -2.07. The minimum Gasteiger partial charge on any atom is -0.497 e. The second kappa shape index (κ2) is 5.74. The Morgan fingerprint density at radius 3 is 2.81 bits per heavy atom. The van der Waals surface area contributed by atoms with Gasteiger partial charge in [0.2, 0.25) is 0 Å². The van der Waals surface area contributed by atoms with E-state index in [2.05, 4.69) is 5.32 Å². The largest absolute Gasteiger partial charge is 0.497 e. The lowest BCUT2D eigenvalue weighted by Crippen LogP contribution is -2.27. The molecule has 1 aromatic carbocycles. The molecule has 21 heavy (non-hydrogen) atoms. The summed E-state index contributed by atoms with van der Waals surface area (Å²) in [7, 11) is 3.46. The van der Waals surface area contributed by atoms with Crippen molar-refractivity contribution in [2.24, 2.45) is 7.05 Å². The molecule has 1 aliphatic carbocycles. The molecule has 1 N–H and O–H groups in total. The molecule has 0 aliphatic heterocycles. The molecule has 0 amide bonds. The molecule has 3 rings (SSSR count). The highest BCUT2D eigenvalue weighted by Gasteiger charge is 2.20. The predicted molar refractivity (Wildman–Crippen MR) is 83.5 cm³/mol. The Kier molecular flexibility index (Phi) is 3.80. The second-order valence-electron chi connectivity index (χ2n) is 5.50. The SMILES string of the molecule is COc1cccc(-c2ccc(CNC3CC3)c(=O)n2C)c1. The lowest BCUT2D eigenvalue weighted by Gasteiger charge is -2.12. The highest BCUT2D eigenvalue weighted by molar-refractivity contribution is 5.61. The molecule has 1 saturated carbocycles. The second-order valence-corrected chi connectivity index (χ2v) is 5.50. The summed E-state index contributed by atoms with van der Waals surface area (Å²) in [6.45, 7) is 0.649. The zero-order chi connectivity index (χ0) is 14.8. The van der Waals surface area contributed by atoms with Gasteiger partial charge in [-0.05, 0) is 31.0 Å². The van der Waals surface area contributed by atoms with Gasteiger partial charge in [-0.3, -0.25) is 4.79 Å². The fourth-order valence-corrected chi connectivity index (χ4v) is 2.44. The number of hydrogen-bond acceptors (Lipinski definition) is 3. The third-order valence-corrected chi connectivity index (χ3v) is 3.91. The van der Waals surface area contributed by atoms with Crippen molar-refractivity contribution in [3.63, 3.8) is 0 Å². The molecule has 4 heteroatoms. The first-order valence-corrected chi connectivity index (χ1v) is 7.26. The Morgan fingerprint density at radius 2 is 2.10 bits per heavy atom. The molecule has 2 aromatic rings. The van der Waals surface area contributed by atoms with Crippen LogP contribution in [-0.2, 0) is 13.6 Å². The molecule has 0 radical (unpaired) electrons. The first-order chi connectivity index (χ1) is 10.2. The fraction of sp³-hybridized carbons (Fsp3) is 0.353. The normalized spacial score (nSPS) is 14.2. The first-order valence-electron chi connectivity index (χ1n) is 7.26. The maximum atomic E-state index is 12.4. The summed E-state index contributed by atoms with van der Waals surface area (Å²) in [5, 5.41) is 3.39. The van der Waals surface area contributed by atoms with E-state index >= 15 is 0 Å². The van der Waals surface area contributed by atoms with Gasteiger partial charge in [0.1, 0.15) is 5.75 Å². The van der Waals surface area contributed by atoms with E-state index in [0.29, 0.717) is 12.6 Å². The molecule has 0 atom stereocenters. The van der Waals surface area contributed by atoms with Crippen LogP contribution in [0.25, 0.3) is 11.3 Å². The molecule has 1 aromatic heterocycles. The number of aromatic nitrogens is 1. The van der Waals surface area contributed by atoms with Crippen molar-refractivity contribution in [1.82, 2.24) is 9.88 Å². The van der Waals surface area contributed by atoms with Gasteiger partial charge in [0, 0.05) is 30.8 Å². The smallest absolute Gasteiger partial charge is 0.255 e. The summed E-state index contributed by atoms with van der Waals surface area (Å²) in [6.07, 6.45) is 2.45. The van der Waals surface area contributed by atoms with Crippen molar-refractivity contribution in [3.8, 4) is 17.0 Å². The van der Waals surface area contributed by atoms with Crippen LogP contribution in [0.2, 0.25) is 0 Å². The van der Waals surface area contributed by atoms with Crippen LogP contribution in [-0.4, -0.2) is 17.7 Å². The molecule has 0 unspecified atom stereocenters. The minimum atomic E-state index is 0.0588. The molecule has 110 valence electrons. The van der Waals surface area contributed by atoms with Crippen molar-refractivity contribution in [1.29, 1.82) is 0 Å². The molecule has 1 heterocycles. The van der Waals surface area contributed by atoms with Crippen LogP contribution in [0, 0.1) is 0 Å². The van der Waals surface area contributed by atoms with Gasteiger partial charge in [-0.1, -0.05) is 18.2 Å². The highest BCUT2D eigenvalue weighted by atomic mass is 16.5. The van der Waals surface area contributed by atoms with Crippen LogP contribution in [0.3, 0.4) is 0 Å². The number of methoxy groups -OCH3 is 1. The van der Waals surface area contributed by atoms with Crippen LogP contribution in [0.4, 0.5) is 0 Å². The van der Waals surface area contributed by atoms with E-state index in [1.165, 1.54) is 12.8 Å². The van der Waals surface area contributed by atoms with Crippen molar-refractivity contribution >= 4 is 0 Å². The fourth-order valence-electron chi connectivity index (χ4n) is 2.44. The topological polar surface area (TPSA) is 43.3 Å². The summed E-state index contributed by atoms with van der Waals surface area (Å²) in [6, 6.07) is 12.3. The third kappa shape index (κ3) is 3.00. The van der Waals surface area contributed by atoms with E-state index in [1.807, 2.05) is 43.4 Å². The van der Waals surface area contributed by atoms with Gasteiger partial charge in [0.05, 0.1) is 12.8 Å². The maximum Gasteiger partial charge on any atom is 0.255 e. The van der Waals surface area contributed by atoms with Gasteiger partial charge in [0.25, 0.3) is 5.56 Å². The molecule has 4 nitrogen and oxygen atoms in total. The first kappa shape index (κ1) is 13.9. The zero-order valence-corrected chi connectivity index (χ0v) is 12.4. The monoisotopic (exact) mass is 284 g/mol. The Labute approximate surface area is 124 Å². The Balaban J connectivity index is 1.91. The number of benzene rings is 1. The molecule has 0 spiro atoms. The average Bonchev–Trinajstić information content (AvgIpc) is 3.33. The van der Waals surface area contributed by atoms with Crippen molar-refractivity contribution in [3.05, 3.63) is 52.3 Å². The van der Waals surface area contributed by atoms with E-state index in [-0.39, 0.29) is 5.56 Å². The molecule has 1 fully saturated rings. The molecular formula is C17H20N2O2. The van der Waals surface area contributed by atoms with Crippen LogP contribution < -0.4 is 15.6 Å². The van der Waals surface area contributed by atoms with E-state index in [0.717, 1.165) is 22.6 Å². The summed E-state index contributed by atoms with van der Waals surface area (Å²) in [5.74, 6) is 0.791. The van der Waals surface area contributed by atoms with E-state index in [1.54, 1.807) is 11.7 Å². The number of nitrogens with zero attached hydrogens (tertiary/aromatic N) is 1. The van der Waals surface area contributed by atoms with E-state index < -0.39 is 0 Å². The van der Waals surface area contributed by atoms with Gasteiger partial charge in [-0.25, -0.2) is 0 Å².